The summed E-state index contributed by atoms with van der Waals surface area (Å²) in [5.74, 6) is -31.9. The highest BCUT2D eigenvalue weighted by atomic mass is 19.4. The molecule has 0 unspecified atom stereocenters. The molecule has 0 aromatic heterocycles. The lowest BCUT2D eigenvalue weighted by atomic mass is 9.93. The van der Waals surface area contributed by atoms with Crippen LogP contribution in [0.25, 0.3) is 0 Å². The molecule has 0 atom stereocenters. The number of carbonyl (C=O) groups is 1. The van der Waals surface area contributed by atoms with Crippen LogP contribution in [-0.4, -0.2) is 41.4 Å². The van der Waals surface area contributed by atoms with Crippen molar-refractivity contribution < 1.29 is 66.6 Å². The molecule has 0 aliphatic rings. The number of esters is 1. The van der Waals surface area contributed by atoms with Gasteiger partial charge in [-0.3, -0.25) is 0 Å². The van der Waals surface area contributed by atoms with E-state index in [2.05, 4.69) is 4.74 Å². The Morgan fingerprint density at radius 2 is 1.11 bits per heavy atom. The number of hydrogen-bond acceptors (Lipinski definition) is 2. The van der Waals surface area contributed by atoms with Crippen molar-refractivity contribution in [1.29, 1.82) is 0 Å². The van der Waals surface area contributed by atoms with Gasteiger partial charge in [0.25, 0.3) is 6.08 Å². The molecule has 0 N–H and O–H groups in total. The maximum absolute atomic E-state index is 13.5. The largest absolute Gasteiger partial charge is 0.460 e. The third-order valence-corrected chi connectivity index (χ3v) is 2.88. The molecule has 0 spiro atoms. The summed E-state index contributed by atoms with van der Waals surface area (Å²) in [6.45, 7) is 3.01. The molecule has 0 bridgehead atoms. The summed E-state index contributed by atoms with van der Waals surface area (Å²) in [5, 5.41) is 0. The lowest BCUT2D eigenvalue weighted by molar-refractivity contribution is -0.421. The van der Waals surface area contributed by atoms with Gasteiger partial charge in [-0.15, -0.1) is 0 Å². The van der Waals surface area contributed by atoms with Gasteiger partial charge < -0.3 is 4.74 Å². The minimum absolute atomic E-state index is 1.00. The molecule has 0 heterocycles. The van der Waals surface area contributed by atoms with Crippen molar-refractivity contribution in [3.05, 3.63) is 11.7 Å². The summed E-state index contributed by atoms with van der Waals surface area (Å²) in [6.07, 6.45) is -14.1. The molecule has 0 fully saturated rings. The number of alkyl halides is 11. The van der Waals surface area contributed by atoms with Crippen LogP contribution in [0.1, 0.15) is 27.2 Å². The Balaban J connectivity index is 6.15. The minimum Gasteiger partial charge on any atom is -0.456 e. The molecule has 2 nitrogen and oxygen atoms in total. The Labute approximate surface area is 148 Å². The number of hydrogen-bond donors (Lipinski definition) is 0. The summed E-state index contributed by atoms with van der Waals surface area (Å²) in [7, 11) is 0. The Morgan fingerprint density at radius 3 is 1.39 bits per heavy atom. The number of halogens is 13. The highest BCUT2D eigenvalue weighted by Crippen LogP contribution is 2.58. The zero-order valence-electron chi connectivity index (χ0n) is 13.9. The Morgan fingerprint density at radius 1 is 0.714 bits per heavy atom. The Hall–Kier alpha value is -1.70. The van der Waals surface area contributed by atoms with E-state index in [1.165, 1.54) is 0 Å². The molecule has 0 aromatic rings. The fourth-order valence-corrected chi connectivity index (χ4v) is 1.49. The van der Waals surface area contributed by atoms with Crippen LogP contribution in [0, 0.1) is 0 Å². The average molecular weight is 446 g/mol. The van der Waals surface area contributed by atoms with Crippen LogP contribution in [0.4, 0.5) is 57.1 Å². The van der Waals surface area contributed by atoms with Crippen LogP contribution in [-0.2, 0) is 9.53 Å². The smallest absolute Gasteiger partial charge is 0.456 e. The van der Waals surface area contributed by atoms with Crippen LogP contribution in [0.3, 0.4) is 0 Å². The van der Waals surface area contributed by atoms with Crippen molar-refractivity contribution >= 4 is 5.97 Å². The summed E-state index contributed by atoms with van der Waals surface area (Å²) in [5.41, 5.74) is -4.27. The van der Waals surface area contributed by atoms with E-state index >= 15 is 0 Å². The van der Waals surface area contributed by atoms with Gasteiger partial charge in [0.2, 0.25) is 0 Å². The van der Waals surface area contributed by atoms with Gasteiger partial charge in [0.05, 0.1) is 6.42 Å². The first-order chi connectivity index (χ1) is 11.9. The number of ether oxygens (including phenoxy) is 1. The standard InChI is InChI=1S/C13H11F13O2/c1-8(2,3)28-7(27)5(6(14)15)4-9(16,17)10(18,19)11(20,21)12(22,23)13(24,25)26/h4H2,1-3H3. The van der Waals surface area contributed by atoms with Gasteiger partial charge in [-0.25, -0.2) is 4.79 Å². The second-order valence-corrected chi connectivity index (χ2v) is 6.34. The summed E-state index contributed by atoms with van der Waals surface area (Å²) < 4.78 is 170. The van der Waals surface area contributed by atoms with Gasteiger partial charge in [0, 0.05) is 0 Å². The molecule has 0 saturated heterocycles. The lowest BCUT2D eigenvalue weighted by Gasteiger charge is -2.37. The van der Waals surface area contributed by atoms with Crippen LogP contribution in [0.15, 0.2) is 11.7 Å². The highest BCUT2D eigenvalue weighted by molar-refractivity contribution is 5.89. The van der Waals surface area contributed by atoms with Crippen LogP contribution in [0.2, 0.25) is 0 Å². The van der Waals surface area contributed by atoms with Gasteiger partial charge in [-0.2, -0.15) is 57.1 Å². The first-order valence-electron chi connectivity index (χ1n) is 6.78. The molecule has 0 aromatic carbocycles. The average Bonchev–Trinajstić information content (AvgIpc) is 2.40. The molecule has 0 amide bonds. The predicted octanol–water partition coefficient (Wildman–Crippen LogP) is 5.97. The minimum atomic E-state index is -7.76. The zero-order chi connectivity index (χ0) is 23.1. The van der Waals surface area contributed by atoms with Gasteiger partial charge in [0.1, 0.15) is 11.2 Å². The van der Waals surface area contributed by atoms with Crippen molar-refractivity contribution in [1.82, 2.24) is 0 Å². The van der Waals surface area contributed by atoms with E-state index in [0.717, 1.165) is 20.8 Å². The van der Waals surface area contributed by atoms with Gasteiger partial charge in [-0.05, 0) is 20.8 Å². The molecule has 0 aliphatic carbocycles. The summed E-state index contributed by atoms with van der Waals surface area (Å²) >= 11 is 0. The van der Waals surface area contributed by atoms with Gasteiger partial charge >= 0.3 is 35.8 Å². The van der Waals surface area contributed by atoms with Gasteiger partial charge in [0.15, 0.2) is 0 Å². The van der Waals surface area contributed by atoms with Crippen LogP contribution in [0.5, 0.6) is 0 Å². The van der Waals surface area contributed by atoms with Crippen molar-refractivity contribution in [3.8, 4) is 0 Å². The Bertz CT molecular complexity index is 621. The number of carbonyl (C=O) groups excluding carboxylic acids is 1. The van der Waals surface area contributed by atoms with E-state index in [4.69, 9.17) is 0 Å². The molecular formula is C13H11F13O2. The second kappa shape index (κ2) is 7.28. The monoisotopic (exact) mass is 446 g/mol. The normalized spacial score (nSPS) is 14.7. The first-order valence-corrected chi connectivity index (χ1v) is 6.78. The second-order valence-electron chi connectivity index (χ2n) is 6.34. The molecular weight excluding hydrogens is 435 g/mol. The van der Waals surface area contributed by atoms with Crippen LogP contribution >= 0.6 is 0 Å². The van der Waals surface area contributed by atoms with Crippen LogP contribution < -0.4 is 0 Å². The quantitative estimate of drug-likeness (QED) is 0.286. The van der Waals surface area contributed by atoms with Crippen molar-refractivity contribution in [2.45, 2.75) is 62.7 Å². The van der Waals surface area contributed by atoms with E-state index in [-0.39, 0.29) is 0 Å². The van der Waals surface area contributed by atoms with Gasteiger partial charge in [-0.1, -0.05) is 0 Å². The SMILES string of the molecule is CC(C)(C)OC(=O)C(CC(F)(F)C(F)(F)C(F)(F)C(F)(F)C(F)(F)F)=C(F)F. The van der Waals surface area contributed by atoms with E-state index in [1.807, 2.05) is 0 Å². The molecule has 0 aliphatic heterocycles. The number of rotatable bonds is 6. The molecule has 0 saturated carbocycles. The molecule has 0 radical (unpaired) electrons. The topological polar surface area (TPSA) is 26.3 Å². The third kappa shape index (κ3) is 4.82. The van der Waals surface area contributed by atoms with E-state index in [0.29, 0.717) is 0 Å². The fraction of sp³-hybridized carbons (Fsp3) is 0.769. The fourth-order valence-electron chi connectivity index (χ4n) is 1.49. The molecule has 0 rings (SSSR count). The summed E-state index contributed by atoms with van der Waals surface area (Å²) in [4.78, 5) is 11.4. The predicted molar refractivity (Wildman–Crippen MR) is 65.5 cm³/mol. The van der Waals surface area contributed by atoms with Crippen molar-refractivity contribution in [2.75, 3.05) is 0 Å². The third-order valence-electron chi connectivity index (χ3n) is 2.88. The van der Waals surface area contributed by atoms with E-state index < -0.39 is 59.5 Å². The molecule has 166 valence electrons. The molecule has 15 heteroatoms. The molecule has 28 heavy (non-hydrogen) atoms. The maximum atomic E-state index is 13.5. The van der Waals surface area contributed by atoms with E-state index in [1.54, 1.807) is 0 Å². The lowest BCUT2D eigenvalue weighted by Crippen LogP contribution is -2.66. The zero-order valence-corrected chi connectivity index (χ0v) is 13.9. The highest BCUT2D eigenvalue weighted by Gasteiger charge is 2.87. The van der Waals surface area contributed by atoms with Crippen molar-refractivity contribution in [3.63, 3.8) is 0 Å². The van der Waals surface area contributed by atoms with Crippen molar-refractivity contribution in [2.24, 2.45) is 0 Å². The maximum Gasteiger partial charge on any atom is 0.460 e. The Kier molecular flexibility index (Phi) is 6.84. The summed E-state index contributed by atoms with van der Waals surface area (Å²) in [6, 6.07) is 0. The first kappa shape index (κ1) is 26.3. The van der Waals surface area contributed by atoms with E-state index in [9.17, 15) is 61.9 Å².